The van der Waals surface area contributed by atoms with Gasteiger partial charge in [-0.3, -0.25) is 4.79 Å². The summed E-state index contributed by atoms with van der Waals surface area (Å²) >= 11 is 0. The first kappa shape index (κ1) is 18.2. The van der Waals surface area contributed by atoms with Crippen LogP contribution < -0.4 is 4.90 Å². The highest BCUT2D eigenvalue weighted by Crippen LogP contribution is 2.36. The number of carbonyl (C=O) groups is 1. The molecule has 0 saturated carbocycles. The third-order valence-electron chi connectivity index (χ3n) is 4.97. The van der Waals surface area contributed by atoms with Gasteiger partial charge in [-0.05, 0) is 37.3 Å². The average molecular weight is 361 g/mol. The Hall–Kier alpha value is -2.57. The van der Waals surface area contributed by atoms with Crippen LogP contribution in [0, 0.1) is 17.0 Å². The molecule has 1 saturated heterocycles. The highest BCUT2D eigenvalue weighted by molar-refractivity contribution is 5.76. The molecule has 0 aliphatic carbocycles. The molecule has 2 heterocycles. The fourth-order valence-corrected chi connectivity index (χ4v) is 3.50. The molecule has 0 bridgehead atoms. The van der Waals surface area contributed by atoms with E-state index in [1.165, 1.54) is 12.4 Å². The van der Waals surface area contributed by atoms with Crippen LogP contribution >= 0.6 is 0 Å². The maximum atomic E-state index is 14.1. The number of halogens is 2. The predicted octanol–water partition coefficient (Wildman–Crippen LogP) is 3.23. The highest BCUT2D eigenvalue weighted by atomic mass is 19.1. The van der Waals surface area contributed by atoms with E-state index >= 15 is 0 Å². The molecule has 26 heavy (non-hydrogen) atoms. The van der Waals surface area contributed by atoms with Crippen molar-refractivity contribution in [1.29, 1.82) is 0 Å². The lowest BCUT2D eigenvalue weighted by molar-refractivity contribution is -0.149. The quantitative estimate of drug-likeness (QED) is 0.886. The molecular weight excluding hydrogens is 340 g/mol. The smallest absolute Gasteiger partial charge is 0.311 e. The zero-order valence-electron chi connectivity index (χ0n) is 14.6. The minimum Gasteiger partial charge on any atom is -0.481 e. The lowest BCUT2D eigenvalue weighted by atomic mass is 9.75. The number of hydrogen-bond acceptors (Lipinski definition) is 4. The molecule has 2 aromatic rings. The number of benzene rings is 1. The Morgan fingerprint density at radius 1 is 1.31 bits per heavy atom. The third-order valence-corrected chi connectivity index (χ3v) is 4.97. The molecule has 3 rings (SSSR count). The molecule has 1 atom stereocenters. The zero-order valence-corrected chi connectivity index (χ0v) is 14.6. The lowest BCUT2D eigenvalue weighted by Gasteiger charge is -2.40. The van der Waals surface area contributed by atoms with Gasteiger partial charge in [0, 0.05) is 30.9 Å². The number of aliphatic carboxylic acids is 1. The van der Waals surface area contributed by atoms with Crippen LogP contribution in [0.25, 0.3) is 0 Å². The van der Waals surface area contributed by atoms with E-state index in [1.807, 2.05) is 17.9 Å². The Labute approximate surface area is 150 Å². The molecule has 1 fully saturated rings. The van der Waals surface area contributed by atoms with Crippen LogP contribution in [0.1, 0.15) is 31.0 Å². The Balaban J connectivity index is 1.89. The molecule has 1 unspecified atom stereocenters. The SMILES string of the molecule is CCc1cc(N2CCCC(Cc3ccc(F)cc3F)(C(=O)O)C2)ncn1. The summed E-state index contributed by atoms with van der Waals surface area (Å²) in [7, 11) is 0. The van der Waals surface area contributed by atoms with Crippen molar-refractivity contribution in [1.82, 2.24) is 9.97 Å². The van der Waals surface area contributed by atoms with Crippen LogP contribution in [-0.4, -0.2) is 34.1 Å². The first-order valence-corrected chi connectivity index (χ1v) is 8.67. The van der Waals surface area contributed by atoms with Gasteiger partial charge in [0.15, 0.2) is 0 Å². The van der Waals surface area contributed by atoms with Crippen LogP contribution in [0.4, 0.5) is 14.6 Å². The molecule has 1 aliphatic rings. The van der Waals surface area contributed by atoms with Gasteiger partial charge in [-0.2, -0.15) is 0 Å². The van der Waals surface area contributed by atoms with Crippen molar-refractivity contribution in [3.63, 3.8) is 0 Å². The van der Waals surface area contributed by atoms with E-state index in [4.69, 9.17) is 0 Å². The van der Waals surface area contributed by atoms with Crippen LogP contribution in [-0.2, 0) is 17.6 Å². The summed E-state index contributed by atoms with van der Waals surface area (Å²) in [5.74, 6) is -1.68. The van der Waals surface area contributed by atoms with Crippen LogP contribution in [0.5, 0.6) is 0 Å². The van der Waals surface area contributed by atoms with Crippen LogP contribution in [0.3, 0.4) is 0 Å². The van der Waals surface area contributed by atoms with Crippen LogP contribution in [0.2, 0.25) is 0 Å². The Kier molecular flexibility index (Phi) is 5.15. The monoisotopic (exact) mass is 361 g/mol. The number of anilines is 1. The van der Waals surface area contributed by atoms with E-state index in [0.29, 0.717) is 25.2 Å². The molecule has 7 heteroatoms. The summed E-state index contributed by atoms with van der Waals surface area (Å²) in [4.78, 5) is 22.5. The average Bonchev–Trinajstić information content (AvgIpc) is 2.64. The van der Waals surface area contributed by atoms with Gasteiger partial charge in [-0.1, -0.05) is 13.0 Å². The van der Waals surface area contributed by atoms with Crippen molar-refractivity contribution in [2.24, 2.45) is 5.41 Å². The summed E-state index contributed by atoms with van der Waals surface area (Å²) in [6.45, 7) is 2.89. The van der Waals surface area contributed by atoms with Gasteiger partial charge in [0.25, 0.3) is 0 Å². The van der Waals surface area contributed by atoms with E-state index in [1.54, 1.807) is 0 Å². The maximum Gasteiger partial charge on any atom is 0.311 e. The molecule has 0 radical (unpaired) electrons. The minimum absolute atomic E-state index is 0.0106. The summed E-state index contributed by atoms with van der Waals surface area (Å²) in [5.41, 5.74) is -0.0486. The molecule has 1 aromatic heterocycles. The van der Waals surface area contributed by atoms with Crippen molar-refractivity contribution in [3.05, 3.63) is 53.5 Å². The molecule has 1 aromatic carbocycles. The molecule has 0 spiro atoms. The van der Waals surface area contributed by atoms with Gasteiger partial charge >= 0.3 is 5.97 Å². The van der Waals surface area contributed by atoms with Gasteiger partial charge in [0.2, 0.25) is 0 Å². The topological polar surface area (TPSA) is 66.3 Å². The summed E-state index contributed by atoms with van der Waals surface area (Å²) in [6, 6.07) is 5.14. The van der Waals surface area contributed by atoms with Crippen molar-refractivity contribution >= 4 is 11.8 Å². The van der Waals surface area contributed by atoms with Crippen molar-refractivity contribution < 1.29 is 18.7 Å². The fourth-order valence-electron chi connectivity index (χ4n) is 3.50. The molecule has 1 N–H and O–H groups in total. The fraction of sp³-hybridized carbons (Fsp3) is 0.421. The highest BCUT2D eigenvalue weighted by Gasteiger charge is 2.43. The number of nitrogens with zero attached hydrogens (tertiary/aromatic N) is 3. The molecule has 0 amide bonds. The van der Waals surface area contributed by atoms with E-state index in [9.17, 15) is 18.7 Å². The van der Waals surface area contributed by atoms with E-state index < -0.39 is 23.0 Å². The summed E-state index contributed by atoms with van der Waals surface area (Å²) in [6.07, 6.45) is 3.33. The standard InChI is InChI=1S/C19H21F2N3O2/c1-2-15-9-17(23-12-22-15)24-7-3-6-19(11-24,18(25)26)10-13-4-5-14(20)8-16(13)21/h4-5,8-9,12H,2-3,6-7,10-11H2,1H3,(H,25,26). The molecule has 138 valence electrons. The van der Waals surface area contributed by atoms with Crippen LogP contribution in [0.15, 0.2) is 30.6 Å². The normalized spacial score (nSPS) is 20.2. The third kappa shape index (κ3) is 3.66. The summed E-state index contributed by atoms with van der Waals surface area (Å²) < 4.78 is 27.2. The lowest BCUT2D eigenvalue weighted by Crippen LogP contribution is -2.49. The number of carboxylic acid groups (broad SMARTS) is 1. The second kappa shape index (κ2) is 7.35. The number of aryl methyl sites for hydroxylation is 1. The number of aromatic nitrogens is 2. The second-order valence-electron chi connectivity index (χ2n) is 6.74. The largest absolute Gasteiger partial charge is 0.481 e. The van der Waals surface area contributed by atoms with E-state index in [2.05, 4.69) is 9.97 Å². The number of hydrogen-bond donors (Lipinski definition) is 1. The summed E-state index contributed by atoms with van der Waals surface area (Å²) in [5, 5.41) is 9.91. The van der Waals surface area contributed by atoms with Crippen molar-refractivity contribution in [2.75, 3.05) is 18.0 Å². The van der Waals surface area contributed by atoms with E-state index in [0.717, 1.165) is 24.2 Å². The van der Waals surface area contributed by atoms with E-state index in [-0.39, 0.29) is 18.5 Å². The Bertz CT molecular complexity index is 815. The van der Waals surface area contributed by atoms with Crippen molar-refractivity contribution in [3.8, 4) is 0 Å². The van der Waals surface area contributed by atoms with Gasteiger partial charge in [-0.15, -0.1) is 0 Å². The van der Waals surface area contributed by atoms with Gasteiger partial charge in [0.1, 0.15) is 23.8 Å². The number of rotatable bonds is 5. The number of carboxylic acids is 1. The predicted molar refractivity (Wildman–Crippen MR) is 93.0 cm³/mol. The zero-order chi connectivity index (χ0) is 18.7. The van der Waals surface area contributed by atoms with Gasteiger partial charge < -0.3 is 10.0 Å². The molecular formula is C19H21F2N3O2. The Morgan fingerprint density at radius 2 is 2.12 bits per heavy atom. The van der Waals surface area contributed by atoms with Gasteiger partial charge in [-0.25, -0.2) is 18.7 Å². The first-order chi connectivity index (χ1) is 12.4. The van der Waals surface area contributed by atoms with Gasteiger partial charge in [0.05, 0.1) is 5.41 Å². The maximum absolute atomic E-state index is 14.1. The minimum atomic E-state index is -1.14. The Morgan fingerprint density at radius 3 is 2.81 bits per heavy atom. The second-order valence-corrected chi connectivity index (χ2v) is 6.74. The first-order valence-electron chi connectivity index (χ1n) is 8.67. The number of piperidine rings is 1. The molecule has 1 aliphatic heterocycles. The molecule has 5 nitrogen and oxygen atoms in total. The van der Waals surface area contributed by atoms with Crippen molar-refractivity contribution in [2.45, 2.75) is 32.6 Å².